The Kier molecular flexibility index (Phi) is 11.6. The Morgan fingerprint density at radius 2 is 1.93 bits per heavy atom. The summed E-state index contributed by atoms with van der Waals surface area (Å²) in [5.74, 6) is -0.300. The van der Waals surface area contributed by atoms with Gasteiger partial charge >= 0.3 is 5.97 Å². The van der Waals surface area contributed by atoms with E-state index in [4.69, 9.17) is 0 Å². The second-order valence-corrected chi connectivity index (χ2v) is 8.26. The molecule has 0 aromatic carbocycles. The summed E-state index contributed by atoms with van der Waals surface area (Å²) in [4.78, 5) is 23.4. The number of hydrogen-bond acceptors (Lipinski definition) is 5. The minimum absolute atomic E-state index is 0.128. The maximum absolute atomic E-state index is 12.3. The molecule has 0 aromatic rings. The Bertz CT molecular complexity index is 501. The fraction of sp³-hybridized carbons (Fsp3) is 0.826. The van der Waals surface area contributed by atoms with Crippen LogP contribution >= 0.6 is 0 Å². The number of methoxy groups -OCH3 is 1. The Morgan fingerprint density at radius 1 is 1.21 bits per heavy atom. The highest BCUT2D eigenvalue weighted by Crippen LogP contribution is 2.35. The molecule has 5 heteroatoms. The minimum atomic E-state index is -0.685. The number of ether oxygens (including phenoxy) is 1. The Balaban J connectivity index is 2.47. The molecule has 1 aliphatic rings. The lowest BCUT2D eigenvalue weighted by atomic mass is 9.86. The fourth-order valence-corrected chi connectivity index (χ4v) is 4.05. The van der Waals surface area contributed by atoms with Gasteiger partial charge in [0.05, 0.1) is 18.8 Å². The summed E-state index contributed by atoms with van der Waals surface area (Å²) in [6, 6.07) is 0. The second-order valence-electron chi connectivity index (χ2n) is 8.26. The van der Waals surface area contributed by atoms with Gasteiger partial charge in [-0.05, 0) is 32.1 Å². The van der Waals surface area contributed by atoms with Crippen molar-refractivity contribution < 1.29 is 24.5 Å². The maximum atomic E-state index is 12.3. The summed E-state index contributed by atoms with van der Waals surface area (Å²) in [7, 11) is 1.40. The molecule has 2 N–H and O–H groups in total. The molecular formula is C23H40O5. The van der Waals surface area contributed by atoms with Gasteiger partial charge in [0.2, 0.25) is 0 Å². The van der Waals surface area contributed by atoms with Gasteiger partial charge in [-0.3, -0.25) is 9.59 Å². The van der Waals surface area contributed by atoms with Crippen LogP contribution < -0.4 is 0 Å². The Morgan fingerprint density at radius 3 is 2.57 bits per heavy atom. The highest BCUT2D eigenvalue weighted by Gasteiger charge is 2.39. The van der Waals surface area contributed by atoms with Crippen LogP contribution in [0.15, 0.2) is 12.2 Å². The lowest BCUT2D eigenvalue weighted by Gasteiger charge is -2.25. The van der Waals surface area contributed by atoms with Gasteiger partial charge in [0.1, 0.15) is 5.78 Å². The smallest absolute Gasteiger partial charge is 0.305 e. The standard InChI is InChI=1S/C23H40O5/c1-4-6-15-23(27,5-2)16-11-13-19-18(20(24)17-21(19)25)12-9-7-8-10-14-22(26)28-3/h11,13,18-19,21,25,27H,4-10,12,14-17H2,1-3H3/t18?,19?,21?,23-/m0/s1. The van der Waals surface area contributed by atoms with E-state index < -0.39 is 11.7 Å². The molecule has 5 nitrogen and oxygen atoms in total. The molecule has 0 amide bonds. The first-order chi connectivity index (χ1) is 13.4. The molecule has 4 atom stereocenters. The van der Waals surface area contributed by atoms with Gasteiger partial charge in [0, 0.05) is 24.7 Å². The summed E-state index contributed by atoms with van der Waals surface area (Å²) in [6.07, 6.45) is 12.5. The van der Waals surface area contributed by atoms with Crippen LogP contribution in [0.3, 0.4) is 0 Å². The van der Waals surface area contributed by atoms with Crippen LogP contribution in [-0.4, -0.2) is 40.8 Å². The molecule has 0 bridgehead atoms. The molecule has 0 spiro atoms. The number of hydrogen-bond donors (Lipinski definition) is 2. The van der Waals surface area contributed by atoms with Gasteiger partial charge in [-0.15, -0.1) is 0 Å². The predicted octanol–water partition coefficient (Wildman–Crippen LogP) is 4.34. The first-order valence-electron chi connectivity index (χ1n) is 11.0. The van der Waals surface area contributed by atoms with Crippen molar-refractivity contribution in [1.82, 2.24) is 0 Å². The molecular weight excluding hydrogens is 356 g/mol. The number of Topliss-reactive ketones (excluding diaryl/α,β-unsaturated/α-hetero) is 1. The number of carbonyl (C=O) groups excluding carboxylic acids is 2. The summed E-state index contributed by atoms with van der Waals surface area (Å²) < 4.78 is 4.63. The first-order valence-corrected chi connectivity index (χ1v) is 11.0. The summed E-state index contributed by atoms with van der Waals surface area (Å²) >= 11 is 0. The van der Waals surface area contributed by atoms with Gasteiger partial charge in [0.25, 0.3) is 0 Å². The van der Waals surface area contributed by atoms with Crippen LogP contribution in [0.1, 0.15) is 90.9 Å². The molecule has 3 unspecified atom stereocenters. The first kappa shape index (κ1) is 24.8. The minimum Gasteiger partial charge on any atom is -0.469 e. The van der Waals surface area contributed by atoms with Gasteiger partial charge in [-0.25, -0.2) is 0 Å². The number of esters is 1. The number of rotatable bonds is 14. The highest BCUT2D eigenvalue weighted by molar-refractivity contribution is 5.84. The van der Waals surface area contributed by atoms with E-state index in [1.165, 1.54) is 7.11 Å². The number of unbranched alkanes of at least 4 members (excludes halogenated alkanes) is 4. The number of ketones is 1. The van der Waals surface area contributed by atoms with Crippen LogP contribution in [0, 0.1) is 11.8 Å². The molecule has 1 saturated carbocycles. The molecule has 0 radical (unpaired) electrons. The Labute approximate surface area is 170 Å². The topological polar surface area (TPSA) is 83.8 Å². The molecule has 0 saturated heterocycles. The largest absolute Gasteiger partial charge is 0.469 e. The highest BCUT2D eigenvalue weighted by atomic mass is 16.5. The molecule has 0 aromatic heterocycles. The zero-order valence-corrected chi connectivity index (χ0v) is 18.0. The van der Waals surface area contributed by atoms with Crippen molar-refractivity contribution in [3.8, 4) is 0 Å². The second kappa shape index (κ2) is 13.1. The Hall–Kier alpha value is -1.20. The quantitative estimate of drug-likeness (QED) is 0.259. The van der Waals surface area contributed by atoms with Crippen molar-refractivity contribution in [3.05, 3.63) is 12.2 Å². The van der Waals surface area contributed by atoms with Crippen molar-refractivity contribution in [1.29, 1.82) is 0 Å². The van der Waals surface area contributed by atoms with E-state index in [0.29, 0.717) is 19.3 Å². The molecule has 1 rings (SSSR count). The van der Waals surface area contributed by atoms with E-state index in [1.54, 1.807) is 0 Å². The van der Waals surface area contributed by atoms with Crippen molar-refractivity contribution in [2.45, 2.75) is 103 Å². The fourth-order valence-electron chi connectivity index (χ4n) is 4.05. The van der Waals surface area contributed by atoms with E-state index in [-0.39, 0.29) is 30.0 Å². The lowest BCUT2D eigenvalue weighted by Crippen LogP contribution is -2.27. The monoisotopic (exact) mass is 396 g/mol. The van der Waals surface area contributed by atoms with E-state index >= 15 is 0 Å². The normalized spacial score (nSPS) is 24.6. The molecule has 1 fully saturated rings. The zero-order valence-electron chi connectivity index (χ0n) is 18.0. The average Bonchev–Trinajstić information content (AvgIpc) is 2.95. The van der Waals surface area contributed by atoms with Crippen LogP contribution in [0.4, 0.5) is 0 Å². The van der Waals surface area contributed by atoms with Crippen LogP contribution in [0.2, 0.25) is 0 Å². The molecule has 162 valence electrons. The summed E-state index contributed by atoms with van der Waals surface area (Å²) in [6.45, 7) is 4.12. The summed E-state index contributed by atoms with van der Waals surface area (Å²) in [5.41, 5.74) is -0.685. The van der Waals surface area contributed by atoms with Crippen LogP contribution in [0.25, 0.3) is 0 Å². The molecule has 0 heterocycles. The zero-order chi connectivity index (χ0) is 21.0. The van der Waals surface area contributed by atoms with Gasteiger partial charge in [0.15, 0.2) is 0 Å². The van der Waals surface area contributed by atoms with Crippen molar-refractivity contribution in [2.75, 3.05) is 7.11 Å². The summed E-state index contributed by atoms with van der Waals surface area (Å²) in [5, 5.41) is 21.0. The SMILES string of the molecule is CCCC[C@@](O)(CC)CC=CC1C(O)CC(=O)C1CCCCCCC(=O)OC. The van der Waals surface area contributed by atoms with Crippen LogP contribution in [-0.2, 0) is 14.3 Å². The maximum Gasteiger partial charge on any atom is 0.305 e. The third-order valence-electron chi connectivity index (χ3n) is 6.12. The van der Waals surface area contributed by atoms with Crippen molar-refractivity contribution in [3.63, 3.8) is 0 Å². The molecule has 0 aliphatic heterocycles. The average molecular weight is 397 g/mol. The molecule has 28 heavy (non-hydrogen) atoms. The van der Waals surface area contributed by atoms with E-state index in [9.17, 15) is 19.8 Å². The van der Waals surface area contributed by atoms with E-state index in [1.807, 2.05) is 19.1 Å². The number of carbonyl (C=O) groups is 2. The van der Waals surface area contributed by atoms with Crippen molar-refractivity contribution >= 4 is 11.8 Å². The molecule has 1 aliphatic carbocycles. The third-order valence-corrected chi connectivity index (χ3v) is 6.12. The predicted molar refractivity (Wildman–Crippen MR) is 111 cm³/mol. The third kappa shape index (κ3) is 8.44. The van der Waals surface area contributed by atoms with Gasteiger partial charge in [-0.2, -0.15) is 0 Å². The van der Waals surface area contributed by atoms with E-state index in [0.717, 1.165) is 51.4 Å². The van der Waals surface area contributed by atoms with Crippen molar-refractivity contribution in [2.24, 2.45) is 11.8 Å². The van der Waals surface area contributed by atoms with Gasteiger partial charge in [-0.1, -0.05) is 58.1 Å². The van der Waals surface area contributed by atoms with E-state index in [2.05, 4.69) is 11.7 Å². The lowest BCUT2D eigenvalue weighted by molar-refractivity contribution is -0.140. The number of aliphatic hydroxyl groups is 2. The van der Waals surface area contributed by atoms with Gasteiger partial charge < -0.3 is 14.9 Å². The van der Waals surface area contributed by atoms with Crippen LogP contribution in [0.5, 0.6) is 0 Å². The number of aliphatic hydroxyl groups excluding tert-OH is 1.